The van der Waals surface area contributed by atoms with Gasteiger partial charge in [0.1, 0.15) is 10.6 Å². The number of carbonyl (C=O) groups is 2. The predicted octanol–water partition coefficient (Wildman–Crippen LogP) is 4.69. The molecule has 0 unspecified atom stereocenters. The first kappa shape index (κ1) is 19.5. The van der Waals surface area contributed by atoms with Crippen molar-refractivity contribution < 1.29 is 9.59 Å². The van der Waals surface area contributed by atoms with Crippen molar-refractivity contribution >= 4 is 40.6 Å². The van der Waals surface area contributed by atoms with Crippen molar-refractivity contribution in [1.82, 2.24) is 14.3 Å². The van der Waals surface area contributed by atoms with Gasteiger partial charge in [0.25, 0.3) is 11.8 Å². The lowest BCUT2D eigenvalue weighted by Crippen LogP contribution is -2.23. The molecule has 1 aromatic carbocycles. The highest BCUT2D eigenvalue weighted by Crippen LogP contribution is 2.47. The summed E-state index contributed by atoms with van der Waals surface area (Å²) in [4.78, 5) is 31.2. The predicted molar refractivity (Wildman–Crippen MR) is 115 cm³/mol. The SMILES string of the molecule is CN(C)C(=O)c1ncc(NC(=O)c2snc(-c3ccccc3)c2C2CC2)cc1Cl. The molecule has 2 amide bonds. The van der Waals surface area contributed by atoms with Crippen LogP contribution >= 0.6 is 23.1 Å². The number of nitrogens with zero attached hydrogens (tertiary/aromatic N) is 3. The Bertz CT molecular complexity index is 1080. The Balaban J connectivity index is 1.60. The minimum atomic E-state index is -0.293. The molecule has 0 bridgehead atoms. The van der Waals surface area contributed by atoms with E-state index in [1.54, 1.807) is 20.2 Å². The van der Waals surface area contributed by atoms with Crippen LogP contribution in [0.2, 0.25) is 5.02 Å². The van der Waals surface area contributed by atoms with E-state index >= 15 is 0 Å². The Kier molecular flexibility index (Phi) is 5.34. The van der Waals surface area contributed by atoms with Crippen molar-refractivity contribution in [3.8, 4) is 11.3 Å². The van der Waals surface area contributed by atoms with Crippen LogP contribution in [0.1, 0.15) is 44.5 Å². The summed E-state index contributed by atoms with van der Waals surface area (Å²) < 4.78 is 4.57. The van der Waals surface area contributed by atoms with Crippen LogP contribution in [0.25, 0.3) is 11.3 Å². The zero-order valence-corrected chi connectivity index (χ0v) is 17.5. The van der Waals surface area contributed by atoms with E-state index in [0.29, 0.717) is 16.5 Å². The molecule has 2 heterocycles. The minimum absolute atomic E-state index is 0.150. The second-order valence-electron chi connectivity index (χ2n) is 7.12. The van der Waals surface area contributed by atoms with E-state index < -0.39 is 0 Å². The van der Waals surface area contributed by atoms with Crippen LogP contribution in [0, 0.1) is 0 Å². The third-order valence-electron chi connectivity index (χ3n) is 4.67. The first-order valence-corrected chi connectivity index (χ1v) is 10.3. The fourth-order valence-electron chi connectivity index (χ4n) is 3.08. The van der Waals surface area contributed by atoms with Crippen molar-refractivity contribution in [2.75, 3.05) is 19.4 Å². The number of benzene rings is 1. The van der Waals surface area contributed by atoms with Crippen LogP contribution in [0.15, 0.2) is 42.6 Å². The molecule has 4 rings (SSSR count). The van der Waals surface area contributed by atoms with Crippen molar-refractivity contribution in [3.05, 3.63) is 63.8 Å². The highest BCUT2D eigenvalue weighted by molar-refractivity contribution is 7.08. The molecule has 1 saturated carbocycles. The Labute approximate surface area is 177 Å². The summed E-state index contributed by atoms with van der Waals surface area (Å²) >= 11 is 7.41. The van der Waals surface area contributed by atoms with E-state index in [-0.39, 0.29) is 22.5 Å². The lowest BCUT2D eigenvalue weighted by atomic mass is 10.0. The third kappa shape index (κ3) is 4.02. The van der Waals surface area contributed by atoms with Crippen LogP contribution < -0.4 is 5.32 Å². The van der Waals surface area contributed by atoms with E-state index in [1.165, 1.54) is 22.6 Å². The number of anilines is 1. The van der Waals surface area contributed by atoms with Gasteiger partial charge in [0.2, 0.25) is 0 Å². The van der Waals surface area contributed by atoms with Crippen LogP contribution in [0.3, 0.4) is 0 Å². The molecule has 1 fully saturated rings. The number of pyridine rings is 1. The lowest BCUT2D eigenvalue weighted by molar-refractivity contribution is 0.0822. The molecule has 2 aromatic heterocycles. The molecule has 0 atom stereocenters. The number of amides is 2. The van der Waals surface area contributed by atoms with Gasteiger partial charge in [-0.1, -0.05) is 41.9 Å². The topological polar surface area (TPSA) is 75.2 Å². The first-order valence-electron chi connectivity index (χ1n) is 9.19. The number of hydrogen-bond donors (Lipinski definition) is 1. The molecule has 0 aliphatic heterocycles. The van der Waals surface area contributed by atoms with E-state index in [2.05, 4.69) is 14.7 Å². The molecular formula is C21H19ClN4O2S. The average molecular weight is 427 g/mol. The highest BCUT2D eigenvalue weighted by atomic mass is 35.5. The fraction of sp³-hybridized carbons (Fsp3) is 0.238. The van der Waals surface area contributed by atoms with E-state index in [0.717, 1.165) is 29.7 Å². The zero-order valence-electron chi connectivity index (χ0n) is 16.0. The summed E-state index contributed by atoms with van der Waals surface area (Å²) in [7, 11) is 3.26. The van der Waals surface area contributed by atoms with Gasteiger partial charge < -0.3 is 10.2 Å². The summed E-state index contributed by atoms with van der Waals surface area (Å²) in [6.07, 6.45) is 3.57. The molecule has 6 nitrogen and oxygen atoms in total. The van der Waals surface area contributed by atoms with Gasteiger partial charge in [0.15, 0.2) is 0 Å². The lowest BCUT2D eigenvalue weighted by Gasteiger charge is -2.12. The monoisotopic (exact) mass is 426 g/mol. The van der Waals surface area contributed by atoms with Crippen LogP contribution in [-0.4, -0.2) is 40.2 Å². The maximum atomic E-state index is 13.0. The van der Waals surface area contributed by atoms with Gasteiger partial charge in [-0.2, -0.15) is 4.37 Å². The van der Waals surface area contributed by atoms with Crippen molar-refractivity contribution in [2.45, 2.75) is 18.8 Å². The van der Waals surface area contributed by atoms with Crippen LogP contribution in [0.5, 0.6) is 0 Å². The molecule has 148 valence electrons. The number of rotatable bonds is 5. The molecule has 0 spiro atoms. The summed E-state index contributed by atoms with van der Waals surface area (Å²) in [6.45, 7) is 0. The Hall–Kier alpha value is -2.77. The fourth-order valence-corrected chi connectivity index (χ4v) is 4.21. The number of nitrogens with one attached hydrogen (secondary N) is 1. The molecule has 3 aromatic rings. The third-order valence-corrected chi connectivity index (χ3v) is 5.82. The number of carbonyl (C=O) groups excluding carboxylic acids is 2. The van der Waals surface area contributed by atoms with E-state index in [1.807, 2.05) is 30.3 Å². The standard InChI is InChI=1S/C21H19ClN4O2S/c1-26(2)21(28)18-15(22)10-14(11-23-18)24-20(27)19-16(12-8-9-12)17(25-29-19)13-6-4-3-5-7-13/h3-7,10-12H,8-9H2,1-2H3,(H,24,27). The summed E-state index contributed by atoms with van der Waals surface area (Å²) in [5.41, 5.74) is 3.49. The van der Waals surface area contributed by atoms with E-state index in [9.17, 15) is 9.59 Å². The van der Waals surface area contributed by atoms with Crippen molar-refractivity contribution in [3.63, 3.8) is 0 Å². The molecule has 1 aliphatic rings. The Morgan fingerprint density at radius 3 is 2.55 bits per heavy atom. The number of hydrogen-bond acceptors (Lipinski definition) is 5. The molecule has 0 radical (unpaired) electrons. The molecule has 29 heavy (non-hydrogen) atoms. The van der Waals surface area contributed by atoms with Gasteiger partial charge >= 0.3 is 0 Å². The van der Waals surface area contributed by atoms with Crippen LogP contribution in [0.4, 0.5) is 5.69 Å². The normalized spacial score (nSPS) is 13.2. The Morgan fingerprint density at radius 1 is 1.21 bits per heavy atom. The van der Waals surface area contributed by atoms with Gasteiger partial charge in [-0.3, -0.25) is 9.59 Å². The molecular weight excluding hydrogens is 408 g/mol. The molecule has 8 heteroatoms. The summed E-state index contributed by atoms with van der Waals surface area (Å²) in [6, 6.07) is 11.4. The average Bonchev–Trinajstić information content (AvgIpc) is 3.45. The number of aromatic nitrogens is 2. The van der Waals surface area contributed by atoms with Gasteiger partial charge in [0, 0.05) is 25.2 Å². The zero-order chi connectivity index (χ0) is 20.5. The largest absolute Gasteiger partial charge is 0.343 e. The van der Waals surface area contributed by atoms with Gasteiger partial charge in [0.05, 0.1) is 22.6 Å². The van der Waals surface area contributed by atoms with Crippen molar-refractivity contribution in [2.24, 2.45) is 0 Å². The summed E-state index contributed by atoms with van der Waals surface area (Å²) in [5, 5.41) is 3.03. The van der Waals surface area contributed by atoms with Crippen LogP contribution in [-0.2, 0) is 0 Å². The smallest absolute Gasteiger partial charge is 0.273 e. The van der Waals surface area contributed by atoms with Gasteiger partial charge in [-0.05, 0) is 36.4 Å². The first-order chi connectivity index (χ1) is 14.0. The maximum absolute atomic E-state index is 13.0. The Morgan fingerprint density at radius 2 is 1.93 bits per heavy atom. The quantitative estimate of drug-likeness (QED) is 0.642. The van der Waals surface area contributed by atoms with Gasteiger partial charge in [-0.15, -0.1) is 0 Å². The second-order valence-corrected chi connectivity index (χ2v) is 8.30. The van der Waals surface area contributed by atoms with Crippen molar-refractivity contribution in [1.29, 1.82) is 0 Å². The highest BCUT2D eigenvalue weighted by Gasteiger charge is 2.33. The minimum Gasteiger partial charge on any atom is -0.343 e. The summed E-state index contributed by atoms with van der Waals surface area (Å²) in [5.74, 6) is -0.165. The number of halogens is 1. The maximum Gasteiger partial charge on any atom is 0.273 e. The van der Waals surface area contributed by atoms with Gasteiger partial charge in [-0.25, -0.2) is 4.98 Å². The second kappa shape index (κ2) is 7.93. The molecule has 1 aliphatic carbocycles. The molecule has 1 N–H and O–H groups in total. The van der Waals surface area contributed by atoms with E-state index in [4.69, 9.17) is 11.6 Å². The molecule has 0 saturated heterocycles.